The lowest BCUT2D eigenvalue weighted by Gasteiger charge is -2.12. The number of methoxy groups -OCH3 is 1. The van der Waals surface area contributed by atoms with E-state index in [9.17, 15) is 8.42 Å². The third-order valence-corrected chi connectivity index (χ3v) is 5.43. The van der Waals surface area contributed by atoms with Crippen LogP contribution in [0.25, 0.3) is 0 Å². The summed E-state index contributed by atoms with van der Waals surface area (Å²) in [4.78, 5) is 0.245. The van der Waals surface area contributed by atoms with Gasteiger partial charge in [-0.2, -0.15) is 0 Å². The summed E-state index contributed by atoms with van der Waals surface area (Å²) in [5.41, 5.74) is 2.97. The number of ether oxygens (including phenoxy) is 2. The van der Waals surface area contributed by atoms with Gasteiger partial charge >= 0.3 is 0 Å². The first-order valence-electron chi connectivity index (χ1n) is 7.68. The van der Waals surface area contributed by atoms with E-state index in [1.165, 1.54) is 5.56 Å². The van der Waals surface area contributed by atoms with Crippen LogP contribution < -0.4 is 14.2 Å². The normalized spacial score (nSPS) is 11.3. The smallest absolute Gasteiger partial charge is 0.240 e. The quantitative estimate of drug-likeness (QED) is 0.781. The lowest BCUT2D eigenvalue weighted by molar-refractivity contribution is 0.322. The average molecular weight is 349 g/mol. The minimum absolute atomic E-state index is 0.195. The van der Waals surface area contributed by atoms with E-state index in [0.717, 1.165) is 11.3 Å². The molecule has 5 nitrogen and oxygen atoms in total. The van der Waals surface area contributed by atoms with Crippen molar-refractivity contribution in [1.29, 1.82) is 0 Å². The largest absolute Gasteiger partial charge is 0.497 e. The van der Waals surface area contributed by atoms with E-state index in [4.69, 9.17) is 9.47 Å². The van der Waals surface area contributed by atoms with Gasteiger partial charge in [0.25, 0.3) is 0 Å². The molecular weight excluding hydrogens is 326 g/mol. The van der Waals surface area contributed by atoms with Crippen LogP contribution in [0.2, 0.25) is 0 Å². The molecule has 0 saturated heterocycles. The Labute approximate surface area is 143 Å². The highest BCUT2D eigenvalue weighted by Crippen LogP contribution is 2.21. The molecule has 6 heteroatoms. The molecule has 0 heterocycles. The Kier molecular flexibility index (Phi) is 5.85. The Morgan fingerprint density at radius 2 is 1.58 bits per heavy atom. The molecule has 2 aromatic rings. The topological polar surface area (TPSA) is 64.6 Å². The summed E-state index contributed by atoms with van der Waals surface area (Å²) in [5.74, 6) is 1.36. The maximum Gasteiger partial charge on any atom is 0.240 e. The zero-order chi connectivity index (χ0) is 17.7. The number of sulfonamides is 1. The van der Waals surface area contributed by atoms with Crippen molar-refractivity contribution in [2.45, 2.75) is 25.7 Å². The third-order valence-electron chi connectivity index (χ3n) is 3.81. The summed E-state index contributed by atoms with van der Waals surface area (Å²) in [6.45, 7) is 6.24. The highest BCUT2D eigenvalue weighted by atomic mass is 32.2. The molecule has 0 aliphatic heterocycles. The molecule has 130 valence electrons. The second-order valence-electron chi connectivity index (χ2n) is 5.62. The number of hydrogen-bond donors (Lipinski definition) is 1. The fourth-order valence-corrected chi connectivity index (χ4v) is 3.51. The minimum Gasteiger partial charge on any atom is -0.497 e. The van der Waals surface area contributed by atoms with E-state index in [1.807, 2.05) is 32.0 Å². The van der Waals surface area contributed by atoms with E-state index >= 15 is 0 Å². The Morgan fingerprint density at radius 1 is 0.917 bits per heavy atom. The van der Waals surface area contributed by atoms with Crippen molar-refractivity contribution in [2.24, 2.45) is 0 Å². The SMILES string of the molecule is COc1ccc(S(=O)(=O)NCCOc2ccc(C)c(C)c2)c(C)c1. The standard InChI is InChI=1S/C18H23NO4S/c1-13-5-6-17(11-14(13)2)23-10-9-19-24(20,21)18-8-7-16(22-4)12-15(18)3/h5-8,11-12,19H,9-10H2,1-4H3. The Hall–Kier alpha value is -2.05. The molecule has 2 rings (SSSR count). The van der Waals surface area contributed by atoms with Crippen molar-refractivity contribution in [3.63, 3.8) is 0 Å². The van der Waals surface area contributed by atoms with Crippen LogP contribution in [0.4, 0.5) is 0 Å². The fraction of sp³-hybridized carbons (Fsp3) is 0.333. The van der Waals surface area contributed by atoms with Gasteiger partial charge in [-0.3, -0.25) is 0 Å². The minimum atomic E-state index is -3.57. The van der Waals surface area contributed by atoms with Gasteiger partial charge in [-0.25, -0.2) is 13.1 Å². The maximum atomic E-state index is 12.4. The van der Waals surface area contributed by atoms with Gasteiger partial charge < -0.3 is 9.47 Å². The number of aryl methyl sites for hydroxylation is 3. The van der Waals surface area contributed by atoms with Crippen LogP contribution in [0.1, 0.15) is 16.7 Å². The third kappa shape index (κ3) is 4.49. The Bertz CT molecular complexity index is 816. The van der Waals surface area contributed by atoms with Crippen molar-refractivity contribution in [2.75, 3.05) is 20.3 Å². The summed E-state index contributed by atoms with van der Waals surface area (Å²) in [6.07, 6.45) is 0. The number of hydrogen-bond acceptors (Lipinski definition) is 4. The second-order valence-corrected chi connectivity index (χ2v) is 7.36. The van der Waals surface area contributed by atoms with Gasteiger partial charge in [0.1, 0.15) is 18.1 Å². The monoisotopic (exact) mass is 349 g/mol. The molecule has 0 bridgehead atoms. The molecule has 1 N–H and O–H groups in total. The first-order chi connectivity index (χ1) is 11.3. The van der Waals surface area contributed by atoms with Gasteiger partial charge in [0.05, 0.1) is 12.0 Å². The molecule has 0 amide bonds. The highest BCUT2D eigenvalue weighted by Gasteiger charge is 2.16. The number of benzene rings is 2. The predicted molar refractivity (Wildman–Crippen MR) is 94.3 cm³/mol. The van der Waals surface area contributed by atoms with Crippen LogP contribution in [0.3, 0.4) is 0 Å². The van der Waals surface area contributed by atoms with Crippen molar-refractivity contribution < 1.29 is 17.9 Å². The molecule has 0 spiro atoms. The molecule has 0 aliphatic rings. The van der Waals surface area contributed by atoms with Gasteiger partial charge in [0.2, 0.25) is 10.0 Å². The molecule has 24 heavy (non-hydrogen) atoms. The van der Waals surface area contributed by atoms with E-state index in [-0.39, 0.29) is 18.0 Å². The molecule has 0 fully saturated rings. The van der Waals surface area contributed by atoms with Crippen LogP contribution in [0.5, 0.6) is 11.5 Å². The van der Waals surface area contributed by atoms with Crippen LogP contribution in [-0.4, -0.2) is 28.7 Å². The summed E-state index contributed by atoms with van der Waals surface area (Å²) in [7, 11) is -2.02. The van der Waals surface area contributed by atoms with Gasteiger partial charge in [-0.1, -0.05) is 6.07 Å². The summed E-state index contributed by atoms with van der Waals surface area (Å²) in [6, 6.07) is 10.7. The van der Waals surface area contributed by atoms with E-state index < -0.39 is 10.0 Å². The average Bonchev–Trinajstić information content (AvgIpc) is 2.54. The first kappa shape index (κ1) is 18.3. The maximum absolute atomic E-state index is 12.4. The van der Waals surface area contributed by atoms with E-state index in [1.54, 1.807) is 32.2 Å². The van der Waals surface area contributed by atoms with Crippen molar-refractivity contribution in [3.8, 4) is 11.5 Å². The molecule has 0 saturated carbocycles. The first-order valence-corrected chi connectivity index (χ1v) is 9.16. The molecule has 0 atom stereocenters. The second kappa shape index (κ2) is 7.68. The molecule has 2 aromatic carbocycles. The van der Waals surface area contributed by atoms with Crippen LogP contribution in [-0.2, 0) is 10.0 Å². The molecule has 0 radical (unpaired) electrons. The zero-order valence-electron chi connectivity index (χ0n) is 14.4. The lowest BCUT2D eigenvalue weighted by atomic mass is 10.1. The van der Waals surface area contributed by atoms with Gasteiger partial charge in [0.15, 0.2) is 0 Å². The van der Waals surface area contributed by atoms with Crippen molar-refractivity contribution >= 4 is 10.0 Å². The Morgan fingerprint density at radius 3 is 2.21 bits per heavy atom. The fourth-order valence-electron chi connectivity index (χ4n) is 2.28. The molecular formula is C18H23NO4S. The predicted octanol–water partition coefficient (Wildman–Crippen LogP) is 2.98. The Balaban J connectivity index is 1.94. The molecule has 0 aromatic heterocycles. The number of rotatable bonds is 7. The van der Waals surface area contributed by atoms with Crippen molar-refractivity contribution in [1.82, 2.24) is 4.72 Å². The van der Waals surface area contributed by atoms with Crippen LogP contribution in [0.15, 0.2) is 41.3 Å². The van der Waals surface area contributed by atoms with E-state index in [2.05, 4.69) is 4.72 Å². The highest BCUT2D eigenvalue weighted by molar-refractivity contribution is 7.89. The van der Waals surface area contributed by atoms with Crippen molar-refractivity contribution in [3.05, 3.63) is 53.1 Å². The lowest BCUT2D eigenvalue weighted by Crippen LogP contribution is -2.28. The summed E-state index contributed by atoms with van der Waals surface area (Å²) < 4.78 is 38.0. The summed E-state index contributed by atoms with van der Waals surface area (Å²) >= 11 is 0. The van der Waals surface area contributed by atoms with Gasteiger partial charge in [0, 0.05) is 6.54 Å². The van der Waals surface area contributed by atoms with Crippen LogP contribution in [0, 0.1) is 20.8 Å². The van der Waals surface area contributed by atoms with Crippen LogP contribution >= 0.6 is 0 Å². The van der Waals surface area contributed by atoms with E-state index in [0.29, 0.717) is 11.3 Å². The summed E-state index contributed by atoms with van der Waals surface area (Å²) in [5, 5.41) is 0. The molecule has 0 aliphatic carbocycles. The molecule has 0 unspecified atom stereocenters. The van der Waals surface area contributed by atoms with Gasteiger partial charge in [-0.15, -0.1) is 0 Å². The number of nitrogens with one attached hydrogen (secondary N) is 1. The zero-order valence-corrected chi connectivity index (χ0v) is 15.2. The van der Waals surface area contributed by atoms with Gasteiger partial charge in [-0.05, 0) is 67.8 Å².